The van der Waals surface area contributed by atoms with Gasteiger partial charge in [-0.05, 0) is 77.0 Å². The predicted molar refractivity (Wildman–Crippen MR) is 104 cm³/mol. The van der Waals surface area contributed by atoms with Gasteiger partial charge in [0, 0.05) is 19.1 Å². The van der Waals surface area contributed by atoms with E-state index in [-0.39, 0.29) is 36.4 Å². The van der Waals surface area contributed by atoms with Crippen LogP contribution in [-0.4, -0.2) is 62.4 Å². The summed E-state index contributed by atoms with van der Waals surface area (Å²) in [6, 6.07) is 0.698. The Bertz CT molecular complexity index is 392. The van der Waals surface area contributed by atoms with Crippen molar-refractivity contribution in [3.8, 4) is 0 Å². The average Bonchev–Trinajstić information content (AvgIpc) is 2.61. The van der Waals surface area contributed by atoms with Crippen LogP contribution < -0.4 is 5.32 Å². The van der Waals surface area contributed by atoms with E-state index in [0.717, 1.165) is 26.1 Å². The van der Waals surface area contributed by atoms with E-state index in [9.17, 15) is 4.79 Å². The van der Waals surface area contributed by atoms with Gasteiger partial charge in [-0.3, -0.25) is 4.79 Å². The minimum Gasteiger partial charge on any atom is -0.469 e. The second-order valence-corrected chi connectivity index (χ2v) is 7.52. The molecule has 3 saturated heterocycles. The fraction of sp³-hybridized carbons (Fsp3) is 0.944. The molecule has 3 rings (SSSR count). The van der Waals surface area contributed by atoms with Gasteiger partial charge in [0.05, 0.1) is 12.7 Å². The van der Waals surface area contributed by atoms with Crippen LogP contribution in [0.5, 0.6) is 0 Å². The molecule has 0 aromatic carbocycles. The number of hydrogen-bond acceptors (Lipinski definition) is 5. The Morgan fingerprint density at radius 2 is 1.88 bits per heavy atom. The summed E-state index contributed by atoms with van der Waals surface area (Å²) in [6.07, 6.45) is 8.74. The number of carbonyl (C=O) groups is 1. The van der Waals surface area contributed by atoms with Crippen molar-refractivity contribution in [3.05, 3.63) is 0 Å². The summed E-state index contributed by atoms with van der Waals surface area (Å²) in [5, 5.41) is 3.45. The Hall–Kier alpha value is -0.0700. The van der Waals surface area contributed by atoms with E-state index in [1.807, 2.05) is 0 Å². The topological polar surface area (TPSA) is 50.8 Å². The normalized spacial score (nSPS) is 27.2. The van der Waals surface area contributed by atoms with Gasteiger partial charge in [0.1, 0.15) is 0 Å². The molecule has 1 spiro atoms. The van der Waals surface area contributed by atoms with Crippen molar-refractivity contribution in [1.82, 2.24) is 10.2 Å². The third kappa shape index (κ3) is 6.24. The quantitative estimate of drug-likeness (QED) is 0.740. The summed E-state index contributed by atoms with van der Waals surface area (Å²) in [4.78, 5) is 14.0. The third-order valence-corrected chi connectivity index (χ3v) is 6.13. The number of ether oxygens (including phenoxy) is 2. The molecule has 1 atom stereocenters. The first-order chi connectivity index (χ1) is 11.2. The minimum atomic E-state index is -0.0651. The summed E-state index contributed by atoms with van der Waals surface area (Å²) in [5.41, 5.74) is 0.149. The van der Waals surface area contributed by atoms with Crippen LogP contribution in [0.3, 0.4) is 0 Å². The van der Waals surface area contributed by atoms with Gasteiger partial charge in [-0.15, -0.1) is 24.8 Å². The maximum absolute atomic E-state index is 11.3. The highest BCUT2D eigenvalue weighted by molar-refractivity contribution is 5.85. The summed E-state index contributed by atoms with van der Waals surface area (Å²) < 4.78 is 11.0. The molecule has 0 bridgehead atoms. The molecule has 0 aromatic heterocycles. The summed E-state index contributed by atoms with van der Waals surface area (Å²) in [7, 11) is 1.48. The maximum Gasteiger partial charge on any atom is 0.305 e. The van der Waals surface area contributed by atoms with Crippen LogP contribution in [0.15, 0.2) is 0 Å². The molecule has 148 valence electrons. The van der Waals surface area contributed by atoms with Crippen molar-refractivity contribution in [2.45, 2.75) is 63.0 Å². The third-order valence-electron chi connectivity index (χ3n) is 6.13. The number of piperidine rings is 2. The largest absolute Gasteiger partial charge is 0.469 e. The lowest BCUT2D eigenvalue weighted by atomic mass is 9.81. The van der Waals surface area contributed by atoms with E-state index < -0.39 is 0 Å². The Kier molecular flexibility index (Phi) is 10.0. The van der Waals surface area contributed by atoms with Crippen LogP contribution in [0.1, 0.15) is 51.4 Å². The van der Waals surface area contributed by atoms with Crippen LogP contribution in [0.25, 0.3) is 0 Å². The van der Waals surface area contributed by atoms with Crippen LogP contribution in [0.4, 0.5) is 0 Å². The molecule has 3 aliphatic heterocycles. The number of methoxy groups -OCH3 is 1. The minimum absolute atomic E-state index is 0. The highest BCUT2D eigenvalue weighted by Gasteiger charge is 2.40. The molecule has 0 aliphatic carbocycles. The van der Waals surface area contributed by atoms with E-state index in [0.29, 0.717) is 18.4 Å². The number of nitrogens with zero attached hydrogens (tertiary/aromatic N) is 1. The lowest BCUT2D eigenvalue weighted by Gasteiger charge is -2.48. The van der Waals surface area contributed by atoms with Gasteiger partial charge >= 0.3 is 5.97 Å². The zero-order valence-corrected chi connectivity index (χ0v) is 17.0. The number of hydrogen-bond donors (Lipinski definition) is 1. The van der Waals surface area contributed by atoms with E-state index in [2.05, 4.69) is 10.2 Å². The molecule has 0 radical (unpaired) electrons. The monoisotopic (exact) mass is 396 g/mol. The SMILES string of the molecule is COC(=O)CCC1CCN(C2CCOC3(CCNCC3)C2)CC1.Cl.Cl. The fourth-order valence-corrected chi connectivity index (χ4v) is 4.58. The molecule has 7 heteroatoms. The van der Waals surface area contributed by atoms with Gasteiger partial charge in [-0.2, -0.15) is 0 Å². The molecule has 0 saturated carbocycles. The Morgan fingerprint density at radius 3 is 2.52 bits per heavy atom. The molecule has 3 aliphatic rings. The van der Waals surface area contributed by atoms with Crippen molar-refractivity contribution in [3.63, 3.8) is 0 Å². The number of halogens is 2. The first kappa shape index (κ1) is 23.0. The molecule has 1 unspecified atom stereocenters. The zero-order valence-electron chi connectivity index (χ0n) is 15.3. The number of rotatable bonds is 4. The van der Waals surface area contributed by atoms with Gasteiger partial charge in [-0.25, -0.2) is 0 Å². The van der Waals surface area contributed by atoms with Crippen molar-refractivity contribution < 1.29 is 14.3 Å². The Balaban J connectivity index is 0.00000156. The molecule has 3 heterocycles. The van der Waals surface area contributed by atoms with E-state index in [4.69, 9.17) is 9.47 Å². The maximum atomic E-state index is 11.3. The molecule has 0 aromatic rings. The number of esters is 1. The van der Waals surface area contributed by atoms with Gasteiger partial charge in [0.15, 0.2) is 0 Å². The lowest BCUT2D eigenvalue weighted by Crippen LogP contribution is -2.54. The number of carbonyl (C=O) groups excluding carboxylic acids is 1. The van der Waals surface area contributed by atoms with Crippen molar-refractivity contribution >= 4 is 30.8 Å². The van der Waals surface area contributed by atoms with Crippen LogP contribution in [0.2, 0.25) is 0 Å². The first-order valence-electron chi connectivity index (χ1n) is 9.36. The molecule has 5 nitrogen and oxygen atoms in total. The second kappa shape index (κ2) is 10.9. The molecular weight excluding hydrogens is 363 g/mol. The smallest absolute Gasteiger partial charge is 0.305 e. The zero-order chi connectivity index (χ0) is 16.1. The van der Waals surface area contributed by atoms with Gasteiger partial charge < -0.3 is 19.7 Å². The van der Waals surface area contributed by atoms with Crippen LogP contribution in [0, 0.1) is 5.92 Å². The Morgan fingerprint density at radius 1 is 1.20 bits per heavy atom. The van der Waals surface area contributed by atoms with Crippen molar-refractivity contribution in [1.29, 1.82) is 0 Å². The lowest BCUT2D eigenvalue weighted by molar-refractivity contribution is -0.141. The Labute approximate surface area is 164 Å². The molecular formula is C18H34Cl2N2O3. The summed E-state index contributed by atoms with van der Waals surface area (Å²) in [5.74, 6) is 0.628. The van der Waals surface area contributed by atoms with E-state index in [1.54, 1.807) is 0 Å². The van der Waals surface area contributed by atoms with E-state index in [1.165, 1.54) is 58.7 Å². The second-order valence-electron chi connectivity index (χ2n) is 7.52. The molecule has 3 fully saturated rings. The van der Waals surface area contributed by atoms with Gasteiger partial charge in [-0.1, -0.05) is 0 Å². The molecule has 0 amide bonds. The van der Waals surface area contributed by atoms with Gasteiger partial charge in [0.2, 0.25) is 0 Å². The van der Waals surface area contributed by atoms with Crippen LogP contribution in [-0.2, 0) is 14.3 Å². The molecule has 25 heavy (non-hydrogen) atoms. The predicted octanol–water partition coefficient (Wildman–Crippen LogP) is 2.80. The van der Waals surface area contributed by atoms with E-state index >= 15 is 0 Å². The van der Waals surface area contributed by atoms with Crippen LogP contribution >= 0.6 is 24.8 Å². The fourth-order valence-electron chi connectivity index (χ4n) is 4.58. The number of nitrogens with one attached hydrogen (secondary N) is 1. The first-order valence-corrected chi connectivity index (χ1v) is 9.36. The van der Waals surface area contributed by atoms with Gasteiger partial charge in [0.25, 0.3) is 0 Å². The summed E-state index contributed by atoms with van der Waals surface area (Å²) in [6.45, 7) is 5.49. The molecule has 1 N–H and O–H groups in total. The highest BCUT2D eigenvalue weighted by atomic mass is 35.5. The average molecular weight is 397 g/mol. The van der Waals surface area contributed by atoms with Crippen molar-refractivity contribution in [2.24, 2.45) is 5.92 Å². The standard InChI is InChI=1S/C18H32N2O3.2ClH/c1-22-17(21)3-2-15-4-11-20(12-5-15)16-6-13-23-18(14-16)7-9-19-10-8-18;;/h15-16,19H,2-14H2,1H3;2*1H. The highest BCUT2D eigenvalue weighted by Crippen LogP contribution is 2.36. The van der Waals surface area contributed by atoms with Crippen molar-refractivity contribution in [2.75, 3.05) is 39.9 Å². The summed E-state index contributed by atoms with van der Waals surface area (Å²) >= 11 is 0. The number of likely N-dealkylation sites (tertiary alicyclic amines) is 1.